The van der Waals surface area contributed by atoms with Crippen LogP contribution in [0.3, 0.4) is 0 Å². The third-order valence-electron chi connectivity index (χ3n) is 4.34. The molecule has 0 bridgehead atoms. The van der Waals surface area contributed by atoms with E-state index in [2.05, 4.69) is 5.32 Å². The molecule has 3 aromatic carbocycles. The first kappa shape index (κ1) is 19.6. The number of carbonyl (C=O) groups is 1. The first-order valence-electron chi connectivity index (χ1n) is 8.95. The van der Waals surface area contributed by atoms with Crippen molar-refractivity contribution >= 4 is 21.6 Å². The highest BCUT2D eigenvalue weighted by Crippen LogP contribution is 2.23. The van der Waals surface area contributed by atoms with Crippen LogP contribution in [0.5, 0.6) is 0 Å². The molecule has 0 heterocycles. The monoisotopic (exact) mass is 394 g/mol. The van der Waals surface area contributed by atoms with Gasteiger partial charge in [-0.15, -0.1) is 0 Å². The summed E-state index contributed by atoms with van der Waals surface area (Å²) in [4.78, 5) is 12.8. The second kappa shape index (κ2) is 8.71. The van der Waals surface area contributed by atoms with Crippen molar-refractivity contribution in [2.75, 3.05) is 10.8 Å². The number of benzene rings is 3. The van der Waals surface area contributed by atoms with Gasteiger partial charge in [0.05, 0.1) is 16.6 Å². The standard InChI is InChI=1S/C22H22N2O3S/c1-18(19-11-5-2-6-12-19)23-22(25)17-24(20-13-7-3-8-14-20)28(26,27)21-15-9-4-10-16-21/h2-16,18H,17H2,1H3,(H,23,25)/t18-/m1/s1. The quantitative estimate of drug-likeness (QED) is 0.664. The van der Waals surface area contributed by atoms with Gasteiger partial charge in [-0.2, -0.15) is 0 Å². The van der Waals surface area contributed by atoms with Gasteiger partial charge in [-0.25, -0.2) is 8.42 Å². The fourth-order valence-electron chi connectivity index (χ4n) is 2.87. The van der Waals surface area contributed by atoms with E-state index in [1.54, 1.807) is 48.5 Å². The Balaban J connectivity index is 1.85. The van der Waals surface area contributed by atoms with E-state index in [4.69, 9.17) is 0 Å². The molecule has 0 radical (unpaired) electrons. The minimum atomic E-state index is -3.88. The zero-order valence-electron chi connectivity index (χ0n) is 15.5. The highest BCUT2D eigenvalue weighted by Gasteiger charge is 2.27. The van der Waals surface area contributed by atoms with Gasteiger partial charge < -0.3 is 5.32 Å². The molecule has 1 atom stereocenters. The largest absolute Gasteiger partial charge is 0.348 e. The summed E-state index contributed by atoms with van der Waals surface area (Å²) in [6, 6.07) is 26.1. The Morgan fingerprint density at radius 3 is 1.93 bits per heavy atom. The van der Waals surface area contributed by atoms with Gasteiger partial charge in [0.1, 0.15) is 6.54 Å². The average molecular weight is 394 g/mol. The van der Waals surface area contributed by atoms with Gasteiger partial charge in [0.15, 0.2) is 0 Å². The summed E-state index contributed by atoms with van der Waals surface area (Å²) in [5.74, 6) is -0.375. The number of amides is 1. The van der Waals surface area contributed by atoms with Crippen LogP contribution in [0, 0.1) is 0 Å². The lowest BCUT2D eigenvalue weighted by Gasteiger charge is -2.25. The Hall–Kier alpha value is -3.12. The van der Waals surface area contributed by atoms with E-state index in [-0.39, 0.29) is 23.4 Å². The highest BCUT2D eigenvalue weighted by molar-refractivity contribution is 7.92. The summed E-state index contributed by atoms with van der Waals surface area (Å²) < 4.78 is 27.5. The van der Waals surface area contributed by atoms with E-state index >= 15 is 0 Å². The molecule has 1 N–H and O–H groups in total. The third kappa shape index (κ3) is 4.58. The normalized spacial score (nSPS) is 12.2. The molecule has 3 aromatic rings. The molecule has 0 spiro atoms. The fourth-order valence-corrected chi connectivity index (χ4v) is 4.31. The van der Waals surface area contributed by atoms with Crippen LogP contribution in [-0.4, -0.2) is 20.9 Å². The lowest BCUT2D eigenvalue weighted by molar-refractivity contribution is -0.120. The van der Waals surface area contributed by atoms with Crippen molar-refractivity contribution < 1.29 is 13.2 Å². The lowest BCUT2D eigenvalue weighted by atomic mass is 10.1. The Kier molecular flexibility index (Phi) is 6.11. The summed E-state index contributed by atoms with van der Waals surface area (Å²) in [6.07, 6.45) is 0. The molecule has 0 saturated carbocycles. The van der Waals surface area contributed by atoms with Crippen LogP contribution in [0.1, 0.15) is 18.5 Å². The molecule has 0 aromatic heterocycles. The molecular weight excluding hydrogens is 372 g/mol. The fraction of sp³-hybridized carbons (Fsp3) is 0.136. The van der Waals surface area contributed by atoms with E-state index in [0.717, 1.165) is 9.87 Å². The Bertz CT molecular complexity index is 1010. The highest BCUT2D eigenvalue weighted by atomic mass is 32.2. The van der Waals surface area contributed by atoms with E-state index < -0.39 is 10.0 Å². The van der Waals surface area contributed by atoms with E-state index in [1.807, 2.05) is 37.3 Å². The molecule has 3 rings (SSSR count). The zero-order valence-corrected chi connectivity index (χ0v) is 16.3. The molecule has 6 heteroatoms. The Morgan fingerprint density at radius 2 is 1.36 bits per heavy atom. The average Bonchev–Trinajstić information content (AvgIpc) is 2.74. The molecule has 0 aliphatic heterocycles. The van der Waals surface area contributed by atoms with Gasteiger partial charge in [0.25, 0.3) is 10.0 Å². The zero-order chi connectivity index (χ0) is 20.0. The second-order valence-corrected chi connectivity index (χ2v) is 8.22. The maximum absolute atomic E-state index is 13.2. The molecule has 144 valence electrons. The molecule has 0 saturated heterocycles. The molecule has 0 aliphatic rings. The summed E-state index contributed by atoms with van der Waals surface area (Å²) in [5.41, 5.74) is 1.39. The van der Waals surface area contributed by atoms with Crippen molar-refractivity contribution in [3.05, 3.63) is 96.6 Å². The number of sulfonamides is 1. The predicted molar refractivity (Wildman–Crippen MR) is 110 cm³/mol. The maximum Gasteiger partial charge on any atom is 0.264 e. The minimum absolute atomic E-state index is 0.141. The first-order valence-corrected chi connectivity index (χ1v) is 10.4. The Morgan fingerprint density at radius 1 is 0.857 bits per heavy atom. The van der Waals surface area contributed by atoms with Gasteiger partial charge >= 0.3 is 0 Å². The number of rotatable bonds is 7. The van der Waals surface area contributed by atoms with E-state index in [1.165, 1.54) is 12.1 Å². The van der Waals surface area contributed by atoms with Crippen LogP contribution in [0.4, 0.5) is 5.69 Å². The number of hydrogen-bond acceptors (Lipinski definition) is 3. The molecular formula is C22H22N2O3S. The first-order chi connectivity index (χ1) is 13.5. The molecule has 5 nitrogen and oxygen atoms in total. The summed E-state index contributed by atoms with van der Waals surface area (Å²) in [6.45, 7) is 1.56. The third-order valence-corrected chi connectivity index (χ3v) is 6.13. The van der Waals surface area contributed by atoms with E-state index in [9.17, 15) is 13.2 Å². The van der Waals surface area contributed by atoms with Crippen LogP contribution >= 0.6 is 0 Å². The number of nitrogens with one attached hydrogen (secondary N) is 1. The van der Waals surface area contributed by atoms with Crippen LogP contribution in [0.15, 0.2) is 95.9 Å². The molecule has 0 fully saturated rings. The van der Waals surface area contributed by atoms with Gasteiger partial charge in [-0.05, 0) is 36.8 Å². The number of nitrogens with zero attached hydrogens (tertiary/aromatic N) is 1. The van der Waals surface area contributed by atoms with Crippen LogP contribution in [0.25, 0.3) is 0 Å². The Labute approximate surface area is 165 Å². The number of carbonyl (C=O) groups excluding carboxylic acids is 1. The number of hydrogen-bond donors (Lipinski definition) is 1. The van der Waals surface area contributed by atoms with Crippen molar-refractivity contribution in [1.82, 2.24) is 5.32 Å². The maximum atomic E-state index is 13.2. The van der Waals surface area contributed by atoms with E-state index in [0.29, 0.717) is 5.69 Å². The number of anilines is 1. The smallest absolute Gasteiger partial charge is 0.264 e. The van der Waals surface area contributed by atoms with Crippen LogP contribution in [-0.2, 0) is 14.8 Å². The molecule has 0 aliphatic carbocycles. The SMILES string of the molecule is C[C@@H](NC(=O)CN(c1ccccc1)S(=O)(=O)c1ccccc1)c1ccccc1. The van der Waals surface area contributed by atoms with Crippen LogP contribution < -0.4 is 9.62 Å². The second-order valence-electron chi connectivity index (χ2n) is 6.36. The summed E-state index contributed by atoms with van der Waals surface area (Å²) in [7, 11) is -3.88. The predicted octanol–water partition coefficient (Wildman–Crippen LogP) is 3.76. The van der Waals surface area contributed by atoms with Crippen molar-refractivity contribution in [2.45, 2.75) is 17.9 Å². The topological polar surface area (TPSA) is 66.5 Å². The van der Waals surface area contributed by atoms with Crippen molar-refractivity contribution in [3.63, 3.8) is 0 Å². The lowest BCUT2D eigenvalue weighted by Crippen LogP contribution is -2.41. The van der Waals surface area contributed by atoms with Crippen LogP contribution in [0.2, 0.25) is 0 Å². The van der Waals surface area contributed by atoms with Crippen molar-refractivity contribution in [1.29, 1.82) is 0 Å². The minimum Gasteiger partial charge on any atom is -0.348 e. The van der Waals surface area contributed by atoms with Gasteiger partial charge in [0, 0.05) is 0 Å². The number of para-hydroxylation sites is 1. The van der Waals surface area contributed by atoms with Gasteiger partial charge in [0.2, 0.25) is 5.91 Å². The van der Waals surface area contributed by atoms with Crippen molar-refractivity contribution in [2.24, 2.45) is 0 Å². The molecule has 0 unspecified atom stereocenters. The van der Waals surface area contributed by atoms with Gasteiger partial charge in [-0.3, -0.25) is 9.10 Å². The van der Waals surface area contributed by atoms with Crippen molar-refractivity contribution in [3.8, 4) is 0 Å². The summed E-state index contributed by atoms with van der Waals surface area (Å²) in [5, 5.41) is 2.87. The summed E-state index contributed by atoms with van der Waals surface area (Å²) >= 11 is 0. The van der Waals surface area contributed by atoms with Gasteiger partial charge in [-0.1, -0.05) is 66.7 Å². The molecule has 1 amide bonds. The molecule has 28 heavy (non-hydrogen) atoms.